The smallest absolute Gasteiger partial charge is 0.254 e. The highest BCUT2D eigenvalue weighted by molar-refractivity contribution is 6.07. The lowest BCUT2D eigenvalue weighted by molar-refractivity contribution is -0.137. The summed E-state index contributed by atoms with van der Waals surface area (Å²) in [6, 6.07) is 18.0. The van der Waals surface area contributed by atoms with Crippen LogP contribution < -0.4 is 0 Å². The topological polar surface area (TPSA) is 53.5 Å². The first-order valence-corrected chi connectivity index (χ1v) is 12.1. The molecule has 2 amide bonds. The van der Waals surface area contributed by atoms with Crippen molar-refractivity contribution in [3.8, 4) is 11.3 Å². The molecule has 0 N–H and O–H groups in total. The number of rotatable bonds is 3. The van der Waals surface area contributed by atoms with E-state index in [0.717, 1.165) is 60.9 Å². The van der Waals surface area contributed by atoms with Gasteiger partial charge in [-0.15, -0.1) is 0 Å². The number of aromatic nitrogens is 1. The SMILES string of the molecule is Cc1ccc(-c2cc(C(=O)N3CCC(C(=O)N4CCCCC4)CC3)c3ccccc3n2)cc1. The van der Waals surface area contributed by atoms with Crippen molar-refractivity contribution in [1.82, 2.24) is 14.8 Å². The van der Waals surface area contributed by atoms with E-state index in [1.807, 2.05) is 40.1 Å². The molecule has 2 aliphatic rings. The number of hydrogen-bond donors (Lipinski definition) is 0. The molecule has 3 aromatic rings. The Morgan fingerprint density at radius 2 is 1.55 bits per heavy atom. The van der Waals surface area contributed by atoms with Gasteiger partial charge in [0.2, 0.25) is 5.91 Å². The Kier molecular flexibility index (Phi) is 6.12. The molecule has 0 spiro atoms. The van der Waals surface area contributed by atoms with Crippen molar-refractivity contribution in [2.24, 2.45) is 5.92 Å². The third kappa shape index (κ3) is 4.50. The molecule has 5 nitrogen and oxygen atoms in total. The van der Waals surface area contributed by atoms with Gasteiger partial charge in [0.1, 0.15) is 0 Å². The van der Waals surface area contributed by atoms with Crippen LogP contribution in [0.2, 0.25) is 0 Å². The zero-order valence-electron chi connectivity index (χ0n) is 19.3. The number of nitrogens with zero attached hydrogens (tertiary/aromatic N) is 3. The number of carbonyl (C=O) groups is 2. The minimum absolute atomic E-state index is 0.0332. The fraction of sp³-hybridized carbons (Fsp3) is 0.393. The number of aryl methyl sites for hydroxylation is 1. The van der Waals surface area contributed by atoms with Crippen LogP contribution in [-0.4, -0.2) is 52.8 Å². The number of amides is 2. The van der Waals surface area contributed by atoms with Crippen LogP contribution in [0, 0.1) is 12.8 Å². The van der Waals surface area contributed by atoms with Gasteiger partial charge in [0.15, 0.2) is 0 Å². The van der Waals surface area contributed by atoms with Crippen LogP contribution in [0.15, 0.2) is 54.6 Å². The molecule has 0 unspecified atom stereocenters. The van der Waals surface area contributed by atoms with Crippen molar-refractivity contribution in [2.75, 3.05) is 26.2 Å². The molecule has 2 aliphatic heterocycles. The lowest BCUT2D eigenvalue weighted by Gasteiger charge is -2.35. The van der Waals surface area contributed by atoms with Crippen molar-refractivity contribution < 1.29 is 9.59 Å². The predicted octanol–water partition coefficient (Wildman–Crippen LogP) is 5.07. The monoisotopic (exact) mass is 441 g/mol. The van der Waals surface area contributed by atoms with Gasteiger partial charge in [-0.2, -0.15) is 0 Å². The number of fused-ring (bicyclic) bond motifs is 1. The zero-order chi connectivity index (χ0) is 22.8. The second-order valence-electron chi connectivity index (χ2n) is 9.39. The van der Waals surface area contributed by atoms with E-state index in [-0.39, 0.29) is 17.7 Å². The molecule has 3 heterocycles. The van der Waals surface area contributed by atoms with Crippen LogP contribution in [0.1, 0.15) is 48.0 Å². The molecule has 0 atom stereocenters. The quantitative estimate of drug-likeness (QED) is 0.570. The summed E-state index contributed by atoms with van der Waals surface area (Å²) in [5.74, 6) is 0.369. The van der Waals surface area contributed by atoms with Gasteiger partial charge < -0.3 is 9.80 Å². The number of hydrogen-bond acceptors (Lipinski definition) is 3. The maximum Gasteiger partial charge on any atom is 0.254 e. The maximum absolute atomic E-state index is 13.6. The Labute approximate surface area is 195 Å². The number of piperidine rings is 2. The second-order valence-corrected chi connectivity index (χ2v) is 9.39. The molecule has 5 heteroatoms. The van der Waals surface area contributed by atoms with E-state index in [4.69, 9.17) is 4.98 Å². The number of carbonyl (C=O) groups excluding carboxylic acids is 2. The summed E-state index contributed by atoms with van der Waals surface area (Å²) in [4.78, 5) is 35.3. The number of benzene rings is 2. The van der Waals surface area contributed by atoms with Crippen molar-refractivity contribution in [2.45, 2.75) is 39.0 Å². The Bertz CT molecular complexity index is 1160. The van der Waals surface area contributed by atoms with Crippen LogP contribution in [0.25, 0.3) is 22.2 Å². The minimum Gasteiger partial charge on any atom is -0.342 e. The van der Waals surface area contributed by atoms with Crippen molar-refractivity contribution in [3.63, 3.8) is 0 Å². The van der Waals surface area contributed by atoms with Crippen molar-refractivity contribution in [1.29, 1.82) is 0 Å². The lowest BCUT2D eigenvalue weighted by Crippen LogP contribution is -2.45. The number of pyridine rings is 1. The first kappa shape index (κ1) is 21.6. The van der Waals surface area contributed by atoms with Gasteiger partial charge in [-0.05, 0) is 51.2 Å². The average molecular weight is 442 g/mol. The molecule has 2 saturated heterocycles. The molecule has 2 aromatic carbocycles. The number of likely N-dealkylation sites (tertiary alicyclic amines) is 2. The minimum atomic E-state index is 0.0332. The third-order valence-electron chi connectivity index (χ3n) is 7.09. The summed E-state index contributed by atoms with van der Waals surface area (Å²) in [6.45, 7) is 5.09. The highest BCUT2D eigenvalue weighted by atomic mass is 16.2. The van der Waals surface area contributed by atoms with E-state index in [1.54, 1.807) is 0 Å². The molecule has 0 saturated carbocycles. The Morgan fingerprint density at radius 1 is 0.848 bits per heavy atom. The summed E-state index contributed by atoms with van der Waals surface area (Å²) in [5.41, 5.74) is 4.53. The molecule has 5 rings (SSSR count). The maximum atomic E-state index is 13.6. The van der Waals surface area contributed by atoms with Crippen molar-refractivity contribution >= 4 is 22.7 Å². The van der Waals surface area contributed by atoms with Crippen molar-refractivity contribution in [3.05, 3.63) is 65.7 Å². The van der Waals surface area contributed by atoms with E-state index in [2.05, 4.69) is 31.2 Å². The highest BCUT2D eigenvalue weighted by Gasteiger charge is 2.31. The average Bonchev–Trinajstić information content (AvgIpc) is 2.88. The van der Waals surface area contributed by atoms with Gasteiger partial charge >= 0.3 is 0 Å². The van der Waals surface area contributed by atoms with E-state index >= 15 is 0 Å². The summed E-state index contributed by atoms with van der Waals surface area (Å²) < 4.78 is 0. The second kappa shape index (κ2) is 9.34. The van der Waals surface area contributed by atoms with Crippen LogP contribution in [0.3, 0.4) is 0 Å². The van der Waals surface area contributed by atoms with Crippen LogP contribution in [0.4, 0.5) is 0 Å². The molecule has 170 valence electrons. The van der Waals surface area contributed by atoms with Gasteiger partial charge in [-0.3, -0.25) is 9.59 Å². The normalized spacial score (nSPS) is 17.4. The summed E-state index contributed by atoms with van der Waals surface area (Å²) in [7, 11) is 0. The largest absolute Gasteiger partial charge is 0.342 e. The Hall–Kier alpha value is -3.21. The molecule has 1 aromatic heterocycles. The molecule has 0 radical (unpaired) electrons. The Morgan fingerprint density at radius 3 is 2.27 bits per heavy atom. The number of para-hydroxylation sites is 1. The van der Waals surface area contributed by atoms with Gasteiger partial charge in [0.25, 0.3) is 5.91 Å². The van der Waals surface area contributed by atoms with E-state index in [9.17, 15) is 9.59 Å². The molecule has 33 heavy (non-hydrogen) atoms. The van der Waals surface area contributed by atoms with Gasteiger partial charge in [-0.1, -0.05) is 48.0 Å². The van der Waals surface area contributed by atoms with E-state index in [0.29, 0.717) is 18.7 Å². The first-order chi connectivity index (χ1) is 16.1. The van der Waals surface area contributed by atoms with Gasteiger partial charge in [-0.25, -0.2) is 4.98 Å². The highest BCUT2D eigenvalue weighted by Crippen LogP contribution is 2.28. The fourth-order valence-electron chi connectivity index (χ4n) is 5.10. The van der Waals surface area contributed by atoms with Gasteiger partial charge in [0, 0.05) is 43.0 Å². The molecular weight excluding hydrogens is 410 g/mol. The van der Waals surface area contributed by atoms with E-state index < -0.39 is 0 Å². The fourth-order valence-corrected chi connectivity index (χ4v) is 5.10. The third-order valence-corrected chi connectivity index (χ3v) is 7.09. The lowest BCUT2D eigenvalue weighted by atomic mass is 9.93. The van der Waals surface area contributed by atoms with Crippen LogP contribution in [0.5, 0.6) is 0 Å². The molecular formula is C28H31N3O2. The molecule has 0 aliphatic carbocycles. The summed E-state index contributed by atoms with van der Waals surface area (Å²) >= 11 is 0. The summed E-state index contributed by atoms with van der Waals surface area (Å²) in [5, 5.41) is 0.880. The van der Waals surface area contributed by atoms with Gasteiger partial charge in [0.05, 0.1) is 16.8 Å². The van der Waals surface area contributed by atoms with Crippen LogP contribution >= 0.6 is 0 Å². The zero-order valence-corrected chi connectivity index (χ0v) is 19.3. The molecule has 0 bridgehead atoms. The first-order valence-electron chi connectivity index (χ1n) is 12.1. The van der Waals surface area contributed by atoms with Crippen LogP contribution in [-0.2, 0) is 4.79 Å². The predicted molar refractivity (Wildman–Crippen MR) is 131 cm³/mol. The standard InChI is InChI=1S/C28H31N3O2/c1-20-9-11-21(12-10-20)26-19-24(23-7-3-4-8-25(23)29-26)28(33)31-17-13-22(14-18-31)27(32)30-15-5-2-6-16-30/h3-4,7-12,19,22H,2,5-6,13-18H2,1H3. The molecule has 2 fully saturated rings. The Balaban J connectivity index is 1.37. The summed E-state index contributed by atoms with van der Waals surface area (Å²) in [6.07, 6.45) is 4.94. The van der Waals surface area contributed by atoms with E-state index in [1.165, 1.54) is 12.0 Å².